The second kappa shape index (κ2) is 5.43. The molecular formula is C10H12N4O2. The van der Waals surface area contributed by atoms with Crippen molar-refractivity contribution < 1.29 is 9.53 Å². The Hall–Kier alpha value is -1.66. The number of carbonyl (C=O) groups is 1. The average Bonchev–Trinajstić information content (AvgIpc) is 2.82. The van der Waals surface area contributed by atoms with Crippen molar-refractivity contribution >= 4 is 24.3 Å². The van der Waals surface area contributed by atoms with Gasteiger partial charge in [0.1, 0.15) is 6.34 Å². The molecule has 0 spiro atoms. The summed E-state index contributed by atoms with van der Waals surface area (Å²) in [6.45, 7) is 3.83. The molecule has 3 heterocycles. The van der Waals surface area contributed by atoms with E-state index in [0.29, 0.717) is 11.4 Å². The van der Waals surface area contributed by atoms with Gasteiger partial charge in [0.2, 0.25) is 0 Å². The molecule has 3 aliphatic heterocycles. The van der Waals surface area contributed by atoms with Gasteiger partial charge in [-0.05, 0) is 6.08 Å². The Morgan fingerprint density at radius 3 is 2.62 bits per heavy atom. The second-order valence-electron chi connectivity index (χ2n) is 3.22. The minimum Gasteiger partial charge on any atom is -0.379 e. The maximum atomic E-state index is 10.8. The van der Waals surface area contributed by atoms with Gasteiger partial charge < -0.3 is 10.1 Å². The fourth-order valence-electron chi connectivity index (χ4n) is 1.32. The number of morpholine rings is 1. The van der Waals surface area contributed by atoms with Crippen LogP contribution >= 0.6 is 0 Å². The van der Waals surface area contributed by atoms with Gasteiger partial charge in [-0.1, -0.05) is 0 Å². The van der Waals surface area contributed by atoms with Gasteiger partial charge >= 0.3 is 0 Å². The first-order valence-electron chi connectivity index (χ1n) is 5.06. The number of aliphatic imine (C=N–C) groups is 3. The third-order valence-corrected chi connectivity index (χ3v) is 2.11. The first kappa shape index (κ1) is 10.8. The van der Waals surface area contributed by atoms with Gasteiger partial charge in [-0.25, -0.2) is 9.98 Å². The Morgan fingerprint density at radius 1 is 1.25 bits per heavy atom. The van der Waals surface area contributed by atoms with E-state index in [0.717, 1.165) is 26.3 Å². The molecule has 3 rings (SSSR count). The molecule has 0 aliphatic carbocycles. The van der Waals surface area contributed by atoms with Crippen LogP contribution < -0.4 is 5.32 Å². The molecule has 0 bridgehead atoms. The quantitative estimate of drug-likeness (QED) is 0.602. The summed E-state index contributed by atoms with van der Waals surface area (Å²) in [5.74, 6) is 0.211. The molecule has 1 N–H and O–H groups in total. The highest BCUT2D eigenvalue weighted by Crippen LogP contribution is 2.09. The Kier molecular flexibility index (Phi) is 3.68. The van der Waals surface area contributed by atoms with E-state index in [2.05, 4.69) is 20.3 Å². The Morgan fingerprint density at radius 2 is 2.06 bits per heavy atom. The van der Waals surface area contributed by atoms with Crippen molar-refractivity contribution in [3.63, 3.8) is 0 Å². The van der Waals surface area contributed by atoms with Gasteiger partial charge in [0, 0.05) is 19.3 Å². The van der Waals surface area contributed by atoms with E-state index in [4.69, 9.17) is 4.74 Å². The number of fused-ring (bicyclic) bond motifs is 1. The van der Waals surface area contributed by atoms with Crippen LogP contribution in [-0.2, 0) is 9.53 Å². The summed E-state index contributed by atoms with van der Waals surface area (Å²) >= 11 is 0. The fraction of sp³-hybridized carbons (Fsp3) is 0.400. The van der Waals surface area contributed by atoms with Crippen LogP contribution in [0.5, 0.6) is 0 Å². The van der Waals surface area contributed by atoms with Crippen molar-refractivity contribution in [3.8, 4) is 0 Å². The molecule has 0 atom stereocenters. The highest BCUT2D eigenvalue weighted by atomic mass is 16.5. The minimum absolute atomic E-state index is 0.262. The lowest BCUT2D eigenvalue weighted by Gasteiger charge is -2.10. The molecule has 1 fully saturated rings. The molecular weight excluding hydrogens is 208 g/mol. The van der Waals surface area contributed by atoms with E-state index < -0.39 is 0 Å². The largest absolute Gasteiger partial charge is 0.379 e. The summed E-state index contributed by atoms with van der Waals surface area (Å²) in [6, 6.07) is 0. The lowest BCUT2D eigenvalue weighted by Crippen LogP contribution is -2.30. The number of nitrogens with one attached hydrogen (secondary N) is 1. The van der Waals surface area contributed by atoms with Gasteiger partial charge in [-0.3, -0.25) is 4.79 Å². The molecule has 6 nitrogen and oxygen atoms in total. The van der Waals surface area contributed by atoms with Gasteiger partial charge in [-0.2, -0.15) is 4.99 Å². The highest BCUT2D eigenvalue weighted by molar-refractivity contribution is 6.31. The first-order chi connectivity index (χ1) is 7.88. The summed E-state index contributed by atoms with van der Waals surface area (Å²) in [7, 11) is 0. The highest BCUT2D eigenvalue weighted by Gasteiger charge is 2.19. The molecule has 0 aromatic carbocycles. The number of amidine groups is 1. The maximum Gasteiger partial charge on any atom is 0.282 e. The van der Waals surface area contributed by atoms with Crippen molar-refractivity contribution in [1.82, 2.24) is 5.32 Å². The smallest absolute Gasteiger partial charge is 0.282 e. The lowest BCUT2D eigenvalue weighted by molar-refractivity contribution is -0.113. The van der Waals surface area contributed by atoms with Crippen LogP contribution in [0.1, 0.15) is 0 Å². The van der Waals surface area contributed by atoms with Crippen molar-refractivity contribution in [1.29, 1.82) is 0 Å². The topological polar surface area (TPSA) is 75.4 Å². The van der Waals surface area contributed by atoms with Crippen molar-refractivity contribution in [2.75, 3.05) is 26.3 Å². The molecule has 0 saturated carbocycles. The lowest BCUT2D eigenvalue weighted by atomic mass is 10.2. The van der Waals surface area contributed by atoms with Gasteiger partial charge in [0.15, 0.2) is 5.84 Å². The van der Waals surface area contributed by atoms with Crippen LogP contribution in [-0.4, -0.2) is 50.6 Å². The molecule has 0 aromatic heterocycles. The molecule has 84 valence electrons. The molecule has 0 unspecified atom stereocenters. The number of rotatable bonds is 0. The summed E-state index contributed by atoms with van der Waals surface area (Å²) in [5, 5.41) is 3.16. The van der Waals surface area contributed by atoms with Crippen LogP contribution in [0.3, 0.4) is 0 Å². The zero-order chi connectivity index (χ0) is 11.2. The number of ether oxygens (including phenoxy) is 1. The molecule has 1 saturated heterocycles. The average molecular weight is 220 g/mol. The maximum absolute atomic E-state index is 10.8. The van der Waals surface area contributed by atoms with Gasteiger partial charge in [0.05, 0.1) is 18.8 Å². The zero-order valence-corrected chi connectivity index (χ0v) is 8.72. The molecule has 3 aliphatic rings. The standard InChI is InChI=1S/C6H3N3O.C4H9NO/c10-6-4-1-2-7-5(4)8-3-9-6;1-3-6-4-2-5-1/h1-3H;5H,1-4H2. The van der Waals surface area contributed by atoms with Crippen molar-refractivity contribution in [2.45, 2.75) is 0 Å². The number of amides is 1. The summed E-state index contributed by atoms with van der Waals surface area (Å²) in [4.78, 5) is 21.9. The van der Waals surface area contributed by atoms with Crippen molar-refractivity contribution in [3.05, 3.63) is 11.6 Å². The van der Waals surface area contributed by atoms with E-state index >= 15 is 0 Å². The van der Waals surface area contributed by atoms with E-state index in [1.165, 1.54) is 6.34 Å². The Labute approximate surface area is 92.8 Å². The zero-order valence-electron chi connectivity index (χ0n) is 8.72. The Bertz CT molecular complexity index is 374. The normalized spacial score (nSPS) is 21.9. The summed E-state index contributed by atoms with van der Waals surface area (Å²) in [5.41, 5.74) is 0.488. The first-order valence-corrected chi connectivity index (χ1v) is 5.06. The second-order valence-corrected chi connectivity index (χ2v) is 3.22. The molecule has 6 heteroatoms. The third kappa shape index (κ3) is 2.68. The van der Waals surface area contributed by atoms with Crippen molar-refractivity contribution in [2.24, 2.45) is 15.0 Å². The van der Waals surface area contributed by atoms with E-state index in [1.807, 2.05) is 0 Å². The SMILES string of the molecule is C1COCCN1.O=C1N=CN=C2N=CC=C12. The number of nitrogens with zero attached hydrogens (tertiary/aromatic N) is 3. The minimum atomic E-state index is -0.262. The summed E-state index contributed by atoms with van der Waals surface area (Å²) < 4.78 is 5.01. The van der Waals surface area contributed by atoms with Crippen LogP contribution in [0, 0.1) is 0 Å². The molecule has 0 radical (unpaired) electrons. The molecule has 1 amide bonds. The third-order valence-electron chi connectivity index (χ3n) is 2.11. The van der Waals surface area contributed by atoms with E-state index in [9.17, 15) is 4.79 Å². The van der Waals surface area contributed by atoms with Crippen LogP contribution in [0.2, 0.25) is 0 Å². The van der Waals surface area contributed by atoms with Crippen LogP contribution in [0.15, 0.2) is 26.6 Å². The molecule has 0 aromatic rings. The summed E-state index contributed by atoms with van der Waals surface area (Å²) in [6.07, 6.45) is 4.37. The number of hydrogen-bond acceptors (Lipinski definition) is 5. The van der Waals surface area contributed by atoms with Gasteiger partial charge in [0.25, 0.3) is 5.91 Å². The molecule has 16 heavy (non-hydrogen) atoms. The number of hydrogen-bond donors (Lipinski definition) is 1. The van der Waals surface area contributed by atoms with Crippen LogP contribution in [0.4, 0.5) is 0 Å². The van der Waals surface area contributed by atoms with Gasteiger partial charge in [-0.15, -0.1) is 0 Å². The fourth-order valence-corrected chi connectivity index (χ4v) is 1.32. The Balaban J connectivity index is 0.000000138. The van der Waals surface area contributed by atoms with Crippen LogP contribution in [0.25, 0.3) is 0 Å². The number of carbonyl (C=O) groups excluding carboxylic acids is 1. The predicted molar refractivity (Wildman–Crippen MR) is 61.2 cm³/mol. The number of allylic oxidation sites excluding steroid dienone is 1. The monoisotopic (exact) mass is 220 g/mol. The predicted octanol–water partition coefficient (Wildman–Crippen LogP) is -0.430. The van der Waals surface area contributed by atoms with E-state index in [1.54, 1.807) is 12.3 Å². The van der Waals surface area contributed by atoms with E-state index in [-0.39, 0.29) is 5.91 Å².